The predicted molar refractivity (Wildman–Crippen MR) is 169 cm³/mol. The molecule has 3 heterocycles. The Morgan fingerprint density at radius 1 is 1.05 bits per heavy atom. The van der Waals surface area contributed by atoms with Crippen LogP contribution in [0.25, 0.3) is 0 Å². The first-order valence-corrected chi connectivity index (χ1v) is 15.9. The van der Waals surface area contributed by atoms with Crippen LogP contribution in [0.3, 0.4) is 0 Å². The van der Waals surface area contributed by atoms with Gasteiger partial charge in [-0.25, -0.2) is 9.97 Å². The van der Waals surface area contributed by atoms with E-state index in [4.69, 9.17) is 9.47 Å². The maximum Gasteiger partial charge on any atom is 0.225 e. The SMILES string of the molecule is COc1cc(OC2C(C)(C)C(NC(O)c3cnc(N4CC[C@H](CN5CCC(O)CC5)C(C)(C)C4)nc3)C2(C)C)ccc1C#N. The van der Waals surface area contributed by atoms with Crippen molar-refractivity contribution in [2.75, 3.05) is 44.7 Å². The molecule has 10 heteroatoms. The number of aliphatic hydroxyl groups is 2. The number of ether oxygens (including phenoxy) is 2. The van der Waals surface area contributed by atoms with Gasteiger partial charge in [-0.1, -0.05) is 41.5 Å². The summed E-state index contributed by atoms with van der Waals surface area (Å²) < 4.78 is 11.8. The average molecular weight is 607 g/mol. The fraction of sp³-hybridized carbons (Fsp3) is 0.676. The minimum Gasteiger partial charge on any atom is -0.495 e. The highest BCUT2D eigenvalue weighted by molar-refractivity contribution is 5.47. The summed E-state index contributed by atoms with van der Waals surface area (Å²) in [5.41, 5.74) is 0.613. The Labute approximate surface area is 262 Å². The van der Waals surface area contributed by atoms with Gasteiger partial charge in [0.25, 0.3) is 0 Å². The van der Waals surface area contributed by atoms with Crippen LogP contribution in [0.2, 0.25) is 0 Å². The number of anilines is 1. The van der Waals surface area contributed by atoms with Gasteiger partial charge in [0.1, 0.15) is 29.9 Å². The molecule has 240 valence electrons. The zero-order valence-electron chi connectivity index (χ0n) is 27.4. The summed E-state index contributed by atoms with van der Waals surface area (Å²) in [5, 5.41) is 33.8. The third-order valence-corrected chi connectivity index (χ3v) is 10.5. The summed E-state index contributed by atoms with van der Waals surface area (Å²) in [5.74, 6) is 2.42. The number of benzene rings is 1. The van der Waals surface area contributed by atoms with E-state index < -0.39 is 6.23 Å². The Morgan fingerprint density at radius 3 is 2.30 bits per heavy atom. The van der Waals surface area contributed by atoms with E-state index in [1.165, 1.54) is 0 Å². The number of aromatic nitrogens is 2. The molecule has 44 heavy (non-hydrogen) atoms. The van der Waals surface area contributed by atoms with Gasteiger partial charge in [-0.3, -0.25) is 5.32 Å². The van der Waals surface area contributed by atoms with Crippen molar-refractivity contribution in [1.29, 1.82) is 5.26 Å². The second-order valence-electron chi connectivity index (χ2n) is 14.9. The molecule has 1 aromatic carbocycles. The number of nitriles is 1. The van der Waals surface area contributed by atoms with Crippen molar-refractivity contribution >= 4 is 5.95 Å². The molecule has 0 radical (unpaired) electrons. The molecule has 2 aromatic rings. The lowest BCUT2D eigenvalue weighted by Gasteiger charge is -2.63. The van der Waals surface area contributed by atoms with Crippen molar-refractivity contribution in [3.05, 3.63) is 41.7 Å². The summed E-state index contributed by atoms with van der Waals surface area (Å²) in [6.45, 7) is 18.0. The molecule has 2 aliphatic heterocycles. The van der Waals surface area contributed by atoms with Crippen LogP contribution in [0.5, 0.6) is 11.5 Å². The summed E-state index contributed by atoms with van der Waals surface area (Å²) in [7, 11) is 1.54. The Hall–Kier alpha value is -2.97. The van der Waals surface area contributed by atoms with Crippen molar-refractivity contribution in [3.8, 4) is 17.6 Å². The van der Waals surface area contributed by atoms with Crippen molar-refractivity contribution < 1.29 is 19.7 Å². The third-order valence-electron chi connectivity index (χ3n) is 10.5. The highest BCUT2D eigenvalue weighted by atomic mass is 16.5. The fourth-order valence-electron chi connectivity index (χ4n) is 8.05. The van der Waals surface area contributed by atoms with E-state index in [-0.39, 0.29) is 34.5 Å². The van der Waals surface area contributed by atoms with Gasteiger partial charge in [-0.2, -0.15) is 5.26 Å². The summed E-state index contributed by atoms with van der Waals surface area (Å²) in [4.78, 5) is 14.1. The molecule has 0 spiro atoms. The van der Waals surface area contributed by atoms with Crippen molar-refractivity contribution in [2.24, 2.45) is 22.2 Å². The van der Waals surface area contributed by atoms with Crippen LogP contribution in [0.15, 0.2) is 30.6 Å². The molecule has 1 unspecified atom stereocenters. The van der Waals surface area contributed by atoms with Crippen LogP contribution >= 0.6 is 0 Å². The van der Waals surface area contributed by atoms with Gasteiger partial charge in [0.15, 0.2) is 0 Å². The number of likely N-dealkylation sites (tertiary alicyclic amines) is 1. The summed E-state index contributed by atoms with van der Waals surface area (Å²) in [6, 6.07) is 7.35. The van der Waals surface area contributed by atoms with Crippen LogP contribution in [-0.4, -0.2) is 83.2 Å². The third kappa shape index (κ3) is 6.38. The number of rotatable bonds is 9. The zero-order chi connectivity index (χ0) is 31.9. The van der Waals surface area contributed by atoms with E-state index in [2.05, 4.69) is 72.7 Å². The minimum absolute atomic E-state index is 0.0436. The molecule has 0 bridgehead atoms. The van der Waals surface area contributed by atoms with E-state index in [0.29, 0.717) is 34.5 Å². The monoisotopic (exact) mass is 606 g/mol. The topological polar surface area (TPSA) is 127 Å². The molecule has 1 aliphatic carbocycles. The van der Waals surface area contributed by atoms with Crippen molar-refractivity contribution in [1.82, 2.24) is 20.2 Å². The van der Waals surface area contributed by atoms with E-state index in [1.54, 1.807) is 37.7 Å². The van der Waals surface area contributed by atoms with Crippen LogP contribution < -0.4 is 19.7 Å². The first-order valence-electron chi connectivity index (χ1n) is 15.9. The first-order chi connectivity index (χ1) is 20.8. The highest BCUT2D eigenvalue weighted by Gasteiger charge is 2.63. The quantitative estimate of drug-likeness (QED) is 0.359. The van der Waals surface area contributed by atoms with Crippen molar-refractivity contribution in [2.45, 2.75) is 85.3 Å². The molecule has 2 atom stereocenters. The van der Waals surface area contributed by atoms with E-state index in [1.807, 2.05) is 0 Å². The number of nitrogens with one attached hydrogen (secondary N) is 1. The van der Waals surface area contributed by atoms with Gasteiger partial charge >= 0.3 is 0 Å². The van der Waals surface area contributed by atoms with Crippen LogP contribution in [0, 0.1) is 33.5 Å². The number of hydrogen-bond acceptors (Lipinski definition) is 10. The van der Waals surface area contributed by atoms with Crippen LogP contribution in [-0.2, 0) is 0 Å². The van der Waals surface area contributed by atoms with Gasteiger partial charge in [-0.15, -0.1) is 0 Å². The van der Waals surface area contributed by atoms with Crippen LogP contribution in [0.1, 0.15) is 78.2 Å². The minimum atomic E-state index is -0.922. The largest absolute Gasteiger partial charge is 0.495 e. The lowest BCUT2D eigenvalue weighted by molar-refractivity contribution is -0.179. The number of aliphatic hydroxyl groups excluding tert-OH is 2. The van der Waals surface area contributed by atoms with Crippen LogP contribution in [0.4, 0.5) is 5.95 Å². The van der Waals surface area contributed by atoms with Gasteiger partial charge in [-0.05, 0) is 42.7 Å². The predicted octanol–water partition coefficient (Wildman–Crippen LogP) is 4.13. The highest BCUT2D eigenvalue weighted by Crippen LogP contribution is 2.56. The molecule has 3 N–H and O–H groups in total. The molecule has 10 nitrogen and oxygen atoms in total. The normalized spacial score (nSPS) is 27.2. The molecular weight excluding hydrogens is 556 g/mol. The van der Waals surface area contributed by atoms with Gasteiger partial charge in [0.2, 0.25) is 5.95 Å². The molecule has 3 fully saturated rings. The fourth-order valence-corrected chi connectivity index (χ4v) is 8.05. The number of piperidine rings is 2. The molecule has 1 saturated carbocycles. The smallest absolute Gasteiger partial charge is 0.225 e. The Kier molecular flexibility index (Phi) is 9.16. The molecule has 0 amide bonds. The average Bonchev–Trinajstić information content (AvgIpc) is 3.00. The van der Waals surface area contributed by atoms with E-state index in [9.17, 15) is 15.5 Å². The van der Waals surface area contributed by atoms with E-state index >= 15 is 0 Å². The molecule has 2 saturated heterocycles. The van der Waals surface area contributed by atoms with E-state index in [0.717, 1.165) is 52.0 Å². The maximum atomic E-state index is 11.2. The summed E-state index contributed by atoms with van der Waals surface area (Å²) >= 11 is 0. The number of methoxy groups -OCH3 is 1. The molecule has 3 aliphatic rings. The Bertz CT molecular complexity index is 1320. The zero-order valence-corrected chi connectivity index (χ0v) is 27.4. The Morgan fingerprint density at radius 2 is 1.70 bits per heavy atom. The second kappa shape index (κ2) is 12.4. The van der Waals surface area contributed by atoms with Gasteiger partial charge < -0.3 is 29.5 Å². The van der Waals surface area contributed by atoms with Crippen molar-refractivity contribution in [3.63, 3.8) is 0 Å². The summed E-state index contributed by atoms with van der Waals surface area (Å²) in [6.07, 6.45) is 5.08. The number of hydrogen-bond donors (Lipinski definition) is 3. The van der Waals surface area contributed by atoms with Gasteiger partial charge in [0.05, 0.1) is 18.8 Å². The second-order valence-corrected chi connectivity index (χ2v) is 14.9. The standard InChI is InChI=1S/C34H50N6O4/c1-32(2)21-40(15-10-24(32)20-39-13-11-25(41)12-14-39)31-36-18-23(19-37-31)28(42)38-29-33(3,4)30(34(29,5)6)44-26-9-8-22(17-35)27(16-26)43-7/h8-9,16,18-19,24-25,28-30,38,41-42H,10-15,20-21H2,1-7H3/t24-,28?,29?,30?/m1/s1. The lowest BCUT2D eigenvalue weighted by atomic mass is 9.49. The molecular formula is C34H50N6O4. The van der Waals surface area contributed by atoms with Gasteiger partial charge in [0, 0.05) is 73.6 Å². The lowest BCUT2D eigenvalue weighted by Crippen LogP contribution is -2.74. The Balaban J connectivity index is 1.18. The maximum absolute atomic E-state index is 11.2. The number of nitrogens with zero attached hydrogens (tertiary/aromatic N) is 5. The molecule has 1 aromatic heterocycles. The first kappa shape index (κ1) is 32.4. The molecule has 5 rings (SSSR count).